The molecule has 0 fully saturated rings. The summed E-state index contributed by atoms with van der Waals surface area (Å²) in [6.45, 7) is 0. The van der Waals surface area contributed by atoms with E-state index in [0.29, 0.717) is 23.5 Å². The van der Waals surface area contributed by atoms with E-state index >= 15 is 0 Å². The lowest BCUT2D eigenvalue weighted by molar-refractivity contribution is -0.146. The number of aryl methyl sites for hydroxylation is 1. The zero-order valence-electron chi connectivity index (χ0n) is 11.0. The summed E-state index contributed by atoms with van der Waals surface area (Å²) in [6.07, 6.45) is 0.929. The van der Waals surface area contributed by atoms with Crippen molar-refractivity contribution in [1.29, 1.82) is 0 Å². The van der Waals surface area contributed by atoms with Crippen LogP contribution in [0.5, 0.6) is 11.5 Å². The zero-order chi connectivity index (χ0) is 14.0. The molecule has 1 aliphatic rings. The molecule has 0 saturated carbocycles. The third-order valence-corrected chi connectivity index (χ3v) is 3.62. The SMILES string of the molecule is COc1cc2c(cc1OC)C(O)C(C(=O)O)CCC2. The Morgan fingerprint density at radius 3 is 2.47 bits per heavy atom. The maximum Gasteiger partial charge on any atom is 0.309 e. The van der Waals surface area contributed by atoms with Gasteiger partial charge in [0.15, 0.2) is 11.5 Å². The zero-order valence-corrected chi connectivity index (χ0v) is 11.0. The summed E-state index contributed by atoms with van der Waals surface area (Å²) in [6, 6.07) is 3.50. The van der Waals surface area contributed by atoms with Gasteiger partial charge < -0.3 is 19.7 Å². The Morgan fingerprint density at radius 2 is 1.89 bits per heavy atom. The molecule has 2 N–H and O–H groups in total. The van der Waals surface area contributed by atoms with Crippen LogP contribution in [0.25, 0.3) is 0 Å². The number of hydrogen-bond donors (Lipinski definition) is 2. The largest absolute Gasteiger partial charge is 0.493 e. The van der Waals surface area contributed by atoms with Crippen LogP contribution in [0, 0.1) is 5.92 Å². The highest BCUT2D eigenvalue weighted by Gasteiger charge is 2.32. The summed E-state index contributed by atoms with van der Waals surface area (Å²) in [7, 11) is 3.07. The first-order valence-electron chi connectivity index (χ1n) is 6.24. The fourth-order valence-corrected chi connectivity index (χ4v) is 2.57. The third kappa shape index (κ3) is 2.51. The van der Waals surface area contributed by atoms with Crippen molar-refractivity contribution in [2.24, 2.45) is 5.92 Å². The molecule has 0 spiro atoms. The Kier molecular flexibility index (Phi) is 3.95. The molecule has 1 aromatic carbocycles. The highest BCUT2D eigenvalue weighted by atomic mass is 16.5. The van der Waals surface area contributed by atoms with Crippen molar-refractivity contribution in [2.75, 3.05) is 14.2 Å². The Morgan fingerprint density at radius 1 is 1.26 bits per heavy atom. The number of fused-ring (bicyclic) bond motifs is 1. The van der Waals surface area contributed by atoms with Gasteiger partial charge in [0.25, 0.3) is 0 Å². The molecule has 0 radical (unpaired) electrons. The minimum Gasteiger partial charge on any atom is -0.493 e. The van der Waals surface area contributed by atoms with Crippen LogP contribution in [0.1, 0.15) is 30.1 Å². The van der Waals surface area contributed by atoms with Gasteiger partial charge in [0.1, 0.15) is 0 Å². The molecular weight excluding hydrogens is 248 g/mol. The minimum atomic E-state index is -1.00. The summed E-state index contributed by atoms with van der Waals surface area (Å²) in [5.74, 6) is -0.622. The Balaban J connectivity index is 2.48. The third-order valence-electron chi connectivity index (χ3n) is 3.62. The van der Waals surface area contributed by atoms with Gasteiger partial charge in [-0.1, -0.05) is 0 Å². The Bertz CT molecular complexity index is 483. The van der Waals surface area contributed by atoms with Crippen LogP contribution in [0.4, 0.5) is 0 Å². The van der Waals surface area contributed by atoms with Gasteiger partial charge in [-0.2, -0.15) is 0 Å². The van der Waals surface area contributed by atoms with Crippen LogP contribution >= 0.6 is 0 Å². The van der Waals surface area contributed by atoms with Gasteiger partial charge in [0.05, 0.1) is 26.2 Å². The molecule has 0 aromatic heterocycles. The quantitative estimate of drug-likeness (QED) is 0.815. The van der Waals surface area contributed by atoms with Crippen molar-refractivity contribution in [3.05, 3.63) is 23.3 Å². The van der Waals surface area contributed by atoms with Crippen LogP contribution in [0.15, 0.2) is 12.1 Å². The summed E-state index contributed by atoms with van der Waals surface area (Å²) >= 11 is 0. The predicted octanol–water partition coefficient (Wildman–Crippen LogP) is 1.77. The summed E-state index contributed by atoms with van der Waals surface area (Å²) in [5, 5.41) is 19.4. The standard InChI is InChI=1S/C14H18O5/c1-18-11-6-8-4-3-5-9(14(16)17)13(15)10(8)7-12(11)19-2/h6-7,9,13,15H,3-5H2,1-2H3,(H,16,17). The monoisotopic (exact) mass is 266 g/mol. The molecule has 0 heterocycles. The van der Waals surface area contributed by atoms with E-state index in [1.54, 1.807) is 13.2 Å². The van der Waals surface area contributed by atoms with E-state index in [1.807, 2.05) is 6.07 Å². The summed E-state index contributed by atoms with van der Waals surface area (Å²) in [5.41, 5.74) is 1.55. The van der Waals surface area contributed by atoms with Gasteiger partial charge in [0, 0.05) is 0 Å². The fourth-order valence-electron chi connectivity index (χ4n) is 2.57. The highest BCUT2D eigenvalue weighted by molar-refractivity contribution is 5.71. The topological polar surface area (TPSA) is 76.0 Å². The summed E-state index contributed by atoms with van der Waals surface area (Å²) in [4.78, 5) is 11.2. The van der Waals surface area contributed by atoms with Crippen molar-refractivity contribution in [2.45, 2.75) is 25.4 Å². The smallest absolute Gasteiger partial charge is 0.309 e. The number of rotatable bonds is 3. The molecular formula is C14H18O5. The lowest BCUT2D eigenvalue weighted by atomic mass is 9.93. The first kappa shape index (κ1) is 13.7. The molecule has 5 nitrogen and oxygen atoms in total. The van der Waals surface area contributed by atoms with Gasteiger partial charge in [-0.15, -0.1) is 0 Å². The van der Waals surface area contributed by atoms with Crippen LogP contribution in [-0.4, -0.2) is 30.4 Å². The van der Waals surface area contributed by atoms with Crippen molar-refractivity contribution < 1.29 is 24.5 Å². The maximum atomic E-state index is 11.2. The number of benzene rings is 1. The van der Waals surface area contributed by atoms with E-state index in [2.05, 4.69) is 0 Å². The molecule has 1 aromatic rings. The average Bonchev–Trinajstić information content (AvgIpc) is 2.56. The van der Waals surface area contributed by atoms with Gasteiger partial charge in [-0.25, -0.2) is 0 Å². The molecule has 0 bridgehead atoms. The second-order valence-corrected chi connectivity index (χ2v) is 4.69. The molecule has 5 heteroatoms. The van der Waals surface area contributed by atoms with Crippen molar-refractivity contribution in [3.63, 3.8) is 0 Å². The number of hydrogen-bond acceptors (Lipinski definition) is 4. The number of carboxylic acids is 1. The molecule has 0 aliphatic heterocycles. The first-order chi connectivity index (χ1) is 9.08. The number of aliphatic hydroxyl groups excluding tert-OH is 1. The predicted molar refractivity (Wildman–Crippen MR) is 68.6 cm³/mol. The van der Waals surface area contributed by atoms with Crippen molar-refractivity contribution in [1.82, 2.24) is 0 Å². The average molecular weight is 266 g/mol. The fraction of sp³-hybridized carbons (Fsp3) is 0.500. The number of ether oxygens (including phenoxy) is 2. The minimum absolute atomic E-state index is 0.468. The Hall–Kier alpha value is -1.75. The molecule has 2 unspecified atom stereocenters. The molecule has 19 heavy (non-hydrogen) atoms. The second kappa shape index (κ2) is 5.48. The van der Waals surface area contributed by atoms with E-state index in [1.165, 1.54) is 7.11 Å². The molecule has 0 amide bonds. The number of methoxy groups -OCH3 is 2. The first-order valence-corrected chi connectivity index (χ1v) is 6.24. The lowest BCUT2D eigenvalue weighted by Crippen LogP contribution is -2.21. The molecule has 0 saturated heterocycles. The normalized spacial score (nSPS) is 22.3. The maximum absolute atomic E-state index is 11.2. The van der Waals surface area contributed by atoms with Crippen molar-refractivity contribution in [3.8, 4) is 11.5 Å². The van der Waals surface area contributed by atoms with Gasteiger partial charge in [-0.05, 0) is 42.5 Å². The lowest BCUT2D eigenvalue weighted by Gasteiger charge is -2.19. The van der Waals surface area contributed by atoms with Gasteiger partial charge in [-0.3, -0.25) is 4.79 Å². The number of aliphatic carboxylic acids is 1. The molecule has 2 rings (SSSR count). The van der Waals surface area contributed by atoms with Crippen LogP contribution < -0.4 is 9.47 Å². The Labute approximate surface area is 111 Å². The van der Waals surface area contributed by atoms with E-state index < -0.39 is 18.0 Å². The number of carboxylic acid groups (broad SMARTS) is 1. The number of carbonyl (C=O) groups is 1. The second-order valence-electron chi connectivity index (χ2n) is 4.69. The van der Waals surface area contributed by atoms with E-state index in [-0.39, 0.29) is 0 Å². The molecule has 2 atom stereocenters. The highest BCUT2D eigenvalue weighted by Crippen LogP contribution is 2.39. The van der Waals surface area contributed by atoms with Crippen LogP contribution in [-0.2, 0) is 11.2 Å². The van der Waals surface area contributed by atoms with Crippen molar-refractivity contribution >= 4 is 5.97 Å². The van der Waals surface area contributed by atoms with Gasteiger partial charge >= 0.3 is 5.97 Å². The van der Waals surface area contributed by atoms with E-state index in [9.17, 15) is 15.0 Å². The molecule has 1 aliphatic carbocycles. The van der Waals surface area contributed by atoms with E-state index in [0.717, 1.165) is 18.4 Å². The van der Waals surface area contributed by atoms with Crippen LogP contribution in [0.2, 0.25) is 0 Å². The van der Waals surface area contributed by atoms with E-state index in [4.69, 9.17) is 9.47 Å². The molecule has 104 valence electrons. The number of aliphatic hydroxyl groups is 1. The summed E-state index contributed by atoms with van der Waals surface area (Å²) < 4.78 is 10.4. The van der Waals surface area contributed by atoms with Gasteiger partial charge in [0.2, 0.25) is 0 Å². The van der Waals surface area contributed by atoms with Crippen LogP contribution in [0.3, 0.4) is 0 Å².